The summed E-state index contributed by atoms with van der Waals surface area (Å²) in [5, 5.41) is 5.38. The van der Waals surface area contributed by atoms with Crippen molar-refractivity contribution in [2.75, 3.05) is 0 Å². The van der Waals surface area contributed by atoms with Gasteiger partial charge in [-0.2, -0.15) is 4.57 Å². The second-order valence-corrected chi connectivity index (χ2v) is 15.1. The molecule has 2 aliphatic rings. The molecule has 2 aliphatic heterocycles. The number of rotatable bonds is 0. The Balaban J connectivity index is 1.68. The first-order valence-corrected chi connectivity index (χ1v) is 15.9. The number of para-hydroxylation sites is 2. The van der Waals surface area contributed by atoms with Crippen LogP contribution < -0.4 is 21.0 Å². The number of benzene rings is 4. The summed E-state index contributed by atoms with van der Waals surface area (Å²) in [6.45, 7) is 16.5. The molecule has 7 aromatic rings. The lowest BCUT2D eigenvalue weighted by Gasteiger charge is -2.36. The second-order valence-electron chi connectivity index (χ2n) is 15.1. The van der Waals surface area contributed by atoms with E-state index in [1.165, 1.54) is 82.4 Å². The lowest BCUT2D eigenvalue weighted by Crippen LogP contribution is -2.58. The van der Waals surface area contributed by atoms with Crippen molar-refractivity contribution in [3.8, 4) is 16.9 Å². The molecular formula is C40H37BN3+. The summed E-state index contributed by atoms with van der Waals surface area (Å²) in [6, 6.07) is 27.4. The number of nitrogens with zero attached hydrogens (tertiary/aromatic N) is 3. The third-order valence-corrected chi connectivity index (χ3v) is 10.4. The quantitative estimate of drug-likeness (QED) is 0.109. The smallest absolute Gasteiger partial charge is 0.248 e. The van der Waals surface area contributed by atoms with Crippen molar-refractivity contribution < 1.29 is 4.57 Å². The molecule has 0 aliphatic carbocycles. The molecule has 3 aromatic heterocycles. The van der Waals surface area contributed by atoms with Crippen LogP contribution in [0.5, 0.6) is 0 Å². The fraction of sp³-hybridized carbons (Fsp3) is 0.250. The van der Waals surface area contributed by atoms with E-state index in [0.717, 1.165) is 11.2 Å². The highest BCUT2D eigenvalue weighted by molar-refractivity contribution is 7.01. The van der Waals surface area contributed by atoms with Gasteiger partial charge in [0, 0.05) is 27.9 Å². The second kappa shape index (κ2) is 8.18. The maximum Gasteiger partial charge on any atom is 0.248 e. The summed E-state index contributed by atoms with van der Waals surface area (Å²) in [5.74, 6) is 0. The van der Waals surface area contributed by atoms with Gasteiger partial charge in [0.05, 0.1) is 22.1 Å². The Morgan fingerprint density at radius 1 is 0.727 bits per heavy atom. The molecule has 0 saturated heterocycles. The first kappa shape index (κ1) is 26.0. The van der Waals surface area contributed by atoms with E-state index in [1.807, 2.05) is 0 Å². The number of hydrogen-bond donors (Lipinski definition) is 0. The largest absolute Gasteiger partial charge is 0.310 e. The van der Waals surface area contributed by atoms with Gasteiger partial charge in [-0.15, -0.1) is 0 Å². The topological polar surface area (TPSA) is 21.7 Å². The Bertz CT molecular complexity index is 2430. The molecular weight excluding hydrogens is 533 g/mol. The van der Waals surface area contributed by atoms with Crippen molar-refractivity contribution in [2.24, 2.45) is 7.05 Å². The normalized spacial score (nSPS) is 13.9. The summed E-state index contributed by atoms with van der Waals surface area (Å²) < 4.78 is 4.87. The van der Waals surface area contributed by atoms with Crippen LogP contribution in [0.2, 0.25) is 0 Å². The molecule has 5 heterocycles. The van der Waals surface area contributed by atoms with Crippen LogP contribution in [0.25, 0.3) is 60.6 Å². The number of pyridine rings is 2. The summed E-state index contributed by atoms with van der Waals surface area (Å²) >= 11 is 0. The highest BCUT2D eigenvalue weighted by Crippen LogP contribution is 2.46. The molecule has 9 rings (SSSR count). The molecule has 0 amide bonds. The number of fused-ring (bicyclic) bond motifs is 11. The Labute approximate surface area is 259 Å². The lowest BCUT2D eigenvalue weighted by molar-refractivity contribution is -0.644. The third-order valence-electron chi connectivity index (χ3n) is 10.4. The van der Waals surface area contributed by atoms with Gasteiger partial charge in [0.1, 0.15) is 12.6 Å². The molecule has 214 valence electrons. The van der Waals surface area contributed by atoms with Crippen LogP contribution in [0.1, 0.15) is 58.2 Å². The molecule has 0 atom stereocenters. The molecule has 4 heteroatoms. The van der Waals surface area contributed by atoms with Crippen molar-refractivity contribution in [3.63, 3.8) is 0 Å². The predicted octanol–water partition coefficient (Wildman–Crippen LogP) is 7.02. The minimum atomic E-state index is -0.0509. The van der Waals surface area contributed by atoms with Gasteiger partial charge in [-0.1, -0.05) is 102 Å². The minimum Gasteiger partial charge on any atom is -0.310 e. The van der Waals surface area contributed by atoms with E-state index in [1.54, 1.807) is 0 Å². The number of aryl methyl sites for hydroxylation is 2. The van der Waals surface area contributed by atoms with E-state index >= 15 is 0 Å². The molecule has 0 saturated carbocycles. The molecule has 0 unspecified atom stereocenters. The van der Waals surface area contributed by atoms with Crippen LogP contribution in [-0.4, -0.2) is 16.3 Å². The van der Waals surface area contributed by atoms with E-state index in [2.05, 4.69) is 144 Å². The average molecular weight is 571 g/mol. The standard InChI is InChI=1S/C40H37BN3/c1-22-30-23-14-9-11-18-28(23)44-29-19-12-10-16-26(29)41-27-17-13-15-24(39(2,3)4)32(27)36-33(34(41)37(30)44)31(22)38-35(42-36)25(40(5,6)7)20-21-43(38)8/h9-21H,1-8H3/q+1. The monoisotopic (exact) mass is 570 g/mol. The van der Waals surface area contributed by atoms with Gasteiger partial charge in [0.2, 0.25) is 12.2 Å². The number of aromatic nitrogens is 3. The first-order chi connectivity index (χ1) is 21.0. The summed E-state index contributed by atoms with van der Waals surface area (Å²) in [5.41, 5.74) is 16.8. The molecule has 44 heavy (non-hydrogen) atoms. The van der Waals surface area contributed by atoms with Gasteiger partial charge in [-0.3, -0.25) is 0 Å². The minimum absolute atomic E-state index is 0.0394. The van der Waals surface area contributed by atoms with E-state index in [-0.39, 0.29) is 17.5 Å². The van der Waals surface area contributed by atoms with Gasteiger partial charge in [-0.25, -0.2) is 4.98 Å². The SMILES string of the molecule is Cc1c2c3ccccc3n3c2c2c4c(nc5c(C(C)(C)C)cc[n+](C)c5c14)-c1c(cccc1C(C)(C)C)B2c1ccccc1-3. The summed E-state index contributed by atoms with van der Waals surface area (Å²) in [4.78, 5) is 5.79. The van der Waals surface area contributed by atoms with Gasteiger partial charge in [0.25, 0.3) is 0 Å². The Hall–Kier alpha value is -4.44. The Morgan fingerprint density at radius 2 is 1.43 bits per heavy atom. The highest BCUT2D eigenvalue weighted by atomic mass is 15.0. The molecule has 0 bridgehead atoms. The number of hydrogen-bond acceptors (Lipinski definition) is 1. The molecule has 3 nitrogen and oxygen atoms in total. The van der Waals surface area contributed by atoms with Crippen LogP contribution in [-0.2, 0) is 17.9 Å². The zero-order valence-corrected chi connectivity index (χ0v) is 26.9. The van der Waals surface area contributed by atoms with Crippen molar-refractivity contribution in [3.05, 3.63) is 95.7 Å². The summed E-state index contributed by atoms with van der Waals surface area (Å²) in [6.07, 6.45) is 2.25. The van der Waals surface area contributed by atoms with Crippen molar-refractivity contribution >= 4 is 66.7 Å². The maximum absolute atomic E-state index is 5.79. The molecule has 0 fully saturated rings. The van der Waals surface area contributed by atoms with Crippen LogP contribution >= 0.6 is 0 Å². The lowest BCUT2D eigenvalue weighted by atomic mass is 9.32. The highest BCUT2D eigenvalue weighted by Gasteiger charge is 2.43. The van der Waals surface area contributed by atoms with Crippen LogP contribution in [0, 0.1) is 6.92 Å². The maximum atomic E-state index is 5.79. The van der Waals surface area contributed by atoms with E-state index in [0.29, 0.717) is 0 Å². The van der Waals surface area contributed by atoms with Crippen LogP contribution in [0.3, 0.4) is 0 Å². The van der Waals surface area contributed by atoms with E-state index in [9.17, 15) is 0 Å². The van der Waals surface area contributed by atoms with Crippen molar-refractivity contribution in [2.45, 2.75) is 59.3 Å². The van der Waals surface area contributed by atoms with Gasteiger partial charge >= 0.3 is 0 Å². The first-order valence-electron chi connectivity index (χ1n) is 15.9. The zero-order chi connectivity index (χ0) is 30.4. The van der Waals surface area contributed by atoms with Gasteiger partial charge in [-0.05, 0) is 63.1 Å². The van der Waals surface area contributed by atoms with Crippen LogP contribution in [0.15, 0.2) is 79.0 Å². The fourth-order valence-electron chi connectivity index (χ4n) is 8.62. The van der Waals surface area contributed by atoms with E-state index in [4.69, 9.17) is 4.98 Å². The zero-order valence-electron chi connectivity index (χ0n) is 26.9. The Morgan fingerprint density at radius 3 is 2.20 bits per heavy atom. The van der Waals surface area contributed by atoms with Crippen molar-refractivity contribution in [1.29, 1.82) is 0 Å². The van der Waals surface area contributed by atoms with Gasteiger partial charge in [0.15, 0.2) is 6.20 Å². The molecule has 0 N–H and O–H groups in total. The fourth-order valence-corrected chi connectivity index (χ4v) is 8.62. The van der Waals surface area contributed by atoms with Gasteiger partial charge < -0.3 is 4.57 Å². The van der Waals surface area contributed by atoms with Crippen molar-refractivity contribution in [1.82, 2.24) is 9.55 Å². The van der Waals surface area contributed by atoms with Crippen LogP contribution in [0.4, 0.5) is 0 Å². The summed E-state index contributed by atoms with van der Waals surface area (Å²) in [7, 11) is 2.20. The molecule has 0 radical (unpaired) electrons. The molecule has 0 spiro atoms. The molecule has 4 aromatic carbocycles. The predicted molar refractivity (Wildman–Crippen MR) is 187 cm³/mol. The van der Waals surface area contributed by atoms with E-state index < -0.39 is 0 Å². The average Bonchev–Trinajstić information content (AvgIpc) is 3.34. The third kappa shape index (κ3) is 3.04. The Kier molecular flexibility index (Phi) is 4.84.